The summed E-state index contributed by atoms with van der Waals surface area (Å²) in [6.07, 6.45) is -6.48. The highest BCUT2D eigenvalue weighted by Crippen LogP contribution is 2.29. The minimum atomic E-state index is -4.75. The third-order valence-corrected chi connectivity index (χ3v) is 3.19. The van der Waals surface area contributed by atoms with E-state index in [0.717, 1.165) is 12.1 Å². The van der Waals surface area contributed by atoms with Crippen molar-refractivity contribution in [2.24, 2.45) is 0 Å². The summed E-state index contributed by atoms with van der Waals surface area (Å²) in [4.78, 5) is 0. The van der Waals surface area contributed by atoms with E-state index in [4.69, 9.17) is 0 Å². The van der Waals surface area contributed by atoms with E-state index in [1.165, 1.54) is 30.3 Å². The highest BCUT2D eigenvalue weighted by Gasteiger charge is 2.31. The fourth-order valence-corrected chi connectivity index (χ4v) is 2.10. The molecular weight excluding hydrogens is 334 g/mol. The maximum absolute atomic E-state index is 12.5. The molecule has 0 aromatic heterocycles. The molecule has 0 saturated carbocycles. The number of rotatable bonds is 5. The summed E-state index contributed by atoms with van der Waals surface area (Å²) in [6, 6.07) is 10.3. The van der Waals surface area contributed by atoms with Crippen molar-refractivity contribution >= 4 is 0 Å². The molecule has 2 rings (SSSR count). The highest BCUT2D eigenvalue weighted by molar-refractivity contribution is 5.33. The van der Waals surface area contributed by atoms with Crippen molar-refractivity contribution in [2.75, 3.05) is 0 Å². The van der Waals surface area contributed by atoms with E-state index in [9.17, 15) is 26.3 Å². The van der Waals surface area contributed by atoms with Gasteiger partial charge in [0, 0.05) is 0 Å². The second-order valence-electron chi connectivity index (χ2n) is 5.06. The van der Waals surface area contributed by atoms with Crippen molar-refractivity contribution < 1.29 is 31.1 Å². The Morgan fingerprint density at radius 2 is 1.54 bits per heavy atom. The van der Waals surface area contributed by atoms with Crippen LogP contribution in [-0.4, -0.2) is 6.36 Å². The molecule has 7 heteroatoms. The first kappa shape index (κ1) is 18.2. The average Bonchev–Trinajstić information content (AvgIpc) is 2.45. The predicted octanol–water partition coefficient (Wildman–Crippen LogP) is 5.79. The number of hydrogen-bond acceptors (Lipinski definition) is 1. The molecule has 0 spiro atoms. The van der Waals surface area contributed by atoms with Crippen molar-refractivity contribution in [3.63, 3.8) is 0 Å². The third-order valence-electron chi connectivity index (χ3n) is 3.19. The first-order valence-corrected chi connectivity index (χ1v) is 6.99. The van der Waals surface area contributed by atoms with Gasteiger partial charge in [-0.1, -0.05) is 24.3 Å². The number of halogens is 6. The second-order valence-corrected chi connectivity index (χ2v) is 5.06. The van der Waals surface area contributed by atoms with Crippen LogP contribution in [0.15, 0.2) is 48.5 Å². The quantitative estimate of drug-likeness (QED) is 0.622. The zero-order valence-electron chi connectivity index (χ0n) is 12.3. The van der Waals surface area contributed by atoms with E-state index in [2.05, 4.69) is 4.74 Å². The van der Waals surface area contributed by atoms with Gasteiger partial charge in [-0.2, -0.15) is 13.2 Å². The van der Waals surface area contributed by atoms with Gasteiger partial charge in [0.05, 0.1) is 5.56 Å². The standard InChI is InChI=1S/C17H13F6O/c18-16(19,20)14-9-7-12(8-10-14)3-1-4-13-5-2-6-15(11-13)24-17(21,22)23/h2,4-11H,1,3H2. The van der Waals surface area contributed by atoms with Crippen LogP contribution in [0, 0.1) is 6.42 Å². The first-order chi connectivity index (χ1) is 11.1. The second kappa shape index (κ2) is 7.15. The van der Waals surface area contributed by atoms with Crippen LogP contribution in [0.1, 0.15) is 23.1 Å². The molecule has 24 heavy (non-hydrogen) atoms. The molecule has 0 atom stereocenters. The molecule has 0 aliphatic heterocycles. The van der Waals surface area contributed by atoms with Crippen LogP contribution < -0.4 is 4.74 Å². The molecule has 2 aromatic rings. The minimum absolute atomic E-state index is 0.314. The van der Waals surface area contributed by atoms with E-state index in [-0.39, 0.29) is 5.75 Å². The van der Waals surface area contributed by atoms with Gasteiger partial charge in [-0.3, -0.25) is 0 Å². The van der Waals surface area contributed by atoms with Crippen LogP contribution in [0.25, 0.3) is 0 Å². The Kier molecular flexibility index (Phi) is 5.41. The lowest BCUT2D eigenvalue weighted by molar-refractivity contribution is -0.274. The Bertz CT molecular complexity index is 658. The van der Waals surface area contributed by atoms with Crippen molar-refractivity contribution in [1.82, 2.24) is 0 Å². The molecule has 0 saturated heterocycles. The Labute approximate surface area is 134 Å². The summed E-state index contributed by atoms with van der Waals surface area (Å²) in [5, 5.41) is 0. The molecule has 0 N–H and O–H groups in total. The van der Waals surface area contributed by atoms with Gasteiger partial charge in [0.15, 0.2) is 0 Å². The van der Waals surface area contributed by atoms with Crippen molar-refractivity contribution in [3.05, 3.63) is 71.6 Å². The molecule has 0 bridgehead atoms. The molecule has 0 aliphatic rings. The number of alkyl halides is 6. The Hall–Kier alpha value is -2.18. The van der Waals surface area contributed by atoms with Crippen molar-refractivity contribution in [1.29, 1.82) is 0 Å². The van der Waals surface area contributed by atoms with Gasteiger partial charge in [0.1, 0.15) is 5.75 Å². The molecule has 0 amide bonds. The van der Waals surface area contributed by atoms with Gasteiger partial charge in [0.25, 0.3) is 0 Å². The molecular formula is C17H13F6O. The van der Waals surface area contributed by atoms with E-state index in [1.54, 1.807) is 12.5 Å². The summed E-state index contributed by atoms with van der Waals surface area (Å²) < 4.78 is 77.6. The van der Waals surface area contributed by atoms with Crippen LogP contribution in [0.4, 0.5) is 26.3 Å². The summed E-state index contributed by atoms with van der Waals surface area (Å²) in [5.41, 5.74) is 0.540. The highest BCUT2D eigenvalue weighted by atomic mass is 19.4. The minimum Gasteiger partial charge on any atom is -0.406 e. The van der Waals surface area contributed by atoms with Crippen LogP contribution in [0.2, 0.25) is 0 Å². The van der Waals surface area contributed by atoms with Crippen LogP contribution in [-0.2, 0) is 12.6 Å². The zero-order valence-corrected chi connectivity index (χ0v) is 12.3. The molecule has 1 radical (unpaired) electrons. The lowest BCUT2D eigenvalue weighted by atomic mass is 10.0. The first-order valence-electron chi connectivity index (χ1n) is 6.99. The zero-order chi connectivity index (χ0) is 17.8. The Morgan fingerprint density at radius 1 is 0.875 bits per heavy atom. The van der Waals surface area contributed by atoms with Crippen LogP contribution >= 0.6 is 0 Å². The Morgan fingerprint density at radius 3 is 2.12 bits per heavy atom. The molecule has 129 valence electrons. The third kappa shape index (κ3) is 5.79. The van der Waals surface area contributed by atoms with E-state index in [1.807, 2.05) is 0 Å². The lowest BCUT2D eigenvalue weighted by Crippen LogP contribution is -2.17. The monoisotopic (exact) mass is 347 g/mol. The van der Waals surface area contributed by atoms with Gasteiger partial charge >= 0.3 is 12.5 Å². The summed E-state index contributed by atoms with van der Waals surface area (Å²) in [6.45, 7) is 0. The fraction of sp³-hybridized carbons (Fsp3) is 0.235. The van der Waals surface area contributed by atoms with E-state index >= 15 is 0 Å². The molecule has 2 aromatic carbocycles. The normalized spacial score (nSPS) is 12.2. The SMILES string of the molecule is FC(F)(F)Oc1cccc([CH]CCc2ccc(C(F)(F)F)cc2)c1. The van der Waals surface area contributed by atoms with Crippen LogP contribution in [0.3, 0.4) is 0 Å². The lowest BCUT2D eigenvalue weighted by Gasteiger charge is -2.10. The Balaban J connectivity index is 1.89. The smallest absolute Gasteiger partial charge is 0.406 e. The summed E-state index contributed by atoms with van der Waals surface area (Å²) in [7, 11) is 0. The molecule has 1 nitrogen and oxygen atoms in total. The number of ether oxygens (including phenoxy) is 1. The van der Waals surface area contributed by atoms with Crippen LogP contribution in [0.5, 0.6) is 5.75 Å². The molecule has 0 aliphatic carbocycles. The predicted molar refractivity (Wildman–Crippen MR) is 76.3 cm³/mol. The average molecular weight is 347 g/mol. The maximum Gasteiger partial charge on any atom is 0.573 e. The number of aryl methyl sites for hydroxylation is 1. The maximum atomic E-state index is 12.5. The van der Waals surface area contributed by atoms with E-state index in [0.29, 0.717) is 24.0 Å². The van der Waals surface area contributed by atoms with Gasteiger partial charge in [-0.05, 0) is 54.7 Å². The molecule has 0 fully saturated rings. The largest absolute Gasteiger partial charge is 0.573 e. The topological polar surface area (TPSA) is 9.23 Å². The number of hydrogen-bond donors (Lipinski definition) is 0. The fourth-order valence-electron chi connectivity index (χ4n) is 2.10. The summed E-state index contributed by atoms with van der Waals surface area (Å²) >= 11 is 0. The van der Waals surface area contributed by atoms with Crippen molar-refractivity contribution in [3.8, 4) is 5.75 Å². The van der Waals surface area contributed by atoms with Gasteiger partial charge < -0.3 is 4.74 Å². The summed E-state index contributed by atoms with van der Waals surface area (Å²) in [5.74, 6) is -0.314. The molecule has 0 unspecified atom stereocenters. The van der Waals surface area contributed by atoms with Gasteiger partial charge in [-0.15, -0.1) is 13.2 Å². The van der Waals surface area contributed by atoms with E-state index < -0.39 is 18.1 Å². The number of benzene rings is 2. The molecule has 0 heterocycles. The van der Waals surface area contributed by atoms with Crippen molar-refractivity contribution in [2.45, 2.75) is 25.4 Å². The van der Waals surface area contributed by atoms with Gasteiger partial charge in [0.2, 0.25) is 0 Å². The van der Waals surface area contributed by atoms with Gasteiger partial charge in [-0.25, -0.2) is 0 Å².